The van der Waals surface area contributed by atoms with Crippen molar-refractivity contribution in [2.24, 2.45) is 0 Å². The van der Waals surface area contributed by atoms with E-state index >= 15 is 0 Å². The number of aliphatic hydroxyl groups excluding tert-OH is 5. The summed E-state index contributed by atoms with van der Waals surface area (Å²) in [6.07, 6.45) is -5.84. The molecule has 0 amide bonds. The van der Waals surface area contributed by atoms with E-state index in [0.717, 1.165) is 6.26 Å². The van der Waals surface area contributed by atoms with Gasteiger partial charge in [-0.05, 0) is 0 Å². The zero-order valence-electron chi connectivity index (χ0n) is 9.59. The maximum absolute atomic E-state index is 10.9. The molecule has 0 saturated heterocycles. The van der Waals surface area contributed by atoms with Gasteiger partial charge in [0.15, 0.2) is 0 Å². The number of hydrogen-bond donors (Lipinski definition) is 5. The largest absolute Gasteiger partial charge is 0.442 e. The molecule has 0 spiro atoms. The van der Waals surface area contributed by atoms with E-state index in [1.807, 2.05) is 0 Å². The van der Waals surface area contributed by atoms with E-state index < -0.39 is 36.8 Å². The fourth-order valence-electron chi connectivity index (χ4n) is 1.28. The molecule has 8 heteroatoms. The minimum Gasteiger partial charge on any atom is -0.442 e. The summed E-state index contributed by atoms with van der Waals surface area (Å²) in [5.74, 6) is -0.702. The van der Waals surface area contributed by atoms with Gasteiger partial charge in [-0.15, -0.1) is 0 Å². The van der Waals surface area contributed by atoms with Crippen molar-refractivity contribution in [3.63, 3.8) is 0 Å². The summed E-state index contributed by atoms with van der Waals surface area (Å²) in [5.41, 5.74) is -0.156. The average molecular weight is 261 g/mol. The van der Waals surface area contributed by atoms with Crippen molar-refractivity contribution in [1.29, 1.82) is 0 Å². The van der Waals surface area contributed by atoms with Crippen molar-refractivity contribution in [3.05, 3.63) is 17.8 Å². The lowest BCUT2D eigenvalue weighted by Gasteiger charge is -2.24. The van der Waals surface area contributed by atoms with Gasteiger partial charge >= 0.3 is 0 Å². The van der Waals surface area contributed by atoms with Crippen LogP contribution in [0.25, 0.3) is 0 Å². The van der Waals surface area contributed by atoms with Crippen LogP contribution in [0.15, 0.2) is 10.7 Å². The molecule has 0 aliphatic rings. The summed E-state index contributed by atoms with van der Waals surface area (Å²) in [6, 6.07) is 0. The molecule has 5 N–H and O–H groups in total. The molecule has 1 aromatic heterocycles. The second kappa shape index (κ2) is 6.03. The van der Waals surface area contributed by atoms with Crippen LogP contribution in [0.3, 0.4) is 0 Å². The number of nitrogens with zero attached hydrogens (tertiary/aromatic N) is 1. The molecule has 0 fully saturated rings. The van der Waals surface area contributed by atoms with Crippen molar-refractivity contribution in [2.45, 2.75) is 31.3 Å². The van der Waals surface area contributed by atoms with Crippen LogP contribution in [0.2, 0.25) is 0 Å². The van der Waals surface area contributed by atoms with Crippen LogP contribution in [0.1, 0.15) is 29.4 Å². The van der Waals surface area contributed by atoms with Gasteiger partial charge in [-0.1, -0.05) is 0 Å². The third kappa shape index (κ3) is 3.12. The molecule has 0 bridgehead atoms. The first-order valence-electron chi connectivity index (χ1n) is 5.18. The number of hydrogen-bond acceptors (Lipinski definition) is 8. The Hall–Kier alpha value is -1.32. The lowest BCUT2D eigenvalue weighted by molar-refractivity contribution is -0.117. The highest BCUT2D eigenvalue weighted by atomic mass is 16.4. The molecule has 102 valence electrons. The van der Waals surface area contributed by atoms with Crippen molar-refractivity contribution in [1.82, 2.24) is 4.98 Å². The molecule has 0 radical (unpaired) electrons. The summed E-state index contributed by atoms with van der Waals surface area (Å²) < 4.78 is 4.74. The molecule has 18 heavy (non-hydrogen) atoms. The maximum Gasteiger partial charge on any atom is 0.263 e. The number of rotatable bonds is 6. The molecule has 0 saturated carbocycles. The van der Waals surface area contributed by atoms with Crippen molar-refractivity contribution in [3.8, 4) is 0 Å². The Bertz CT molecular complexity index is 405. The van der Waals surface area contributed by atoms with Crippen molar-refractivity contribution < 1.29 is 34.7 Å². The minimum atomic E-state index is -1.78. The van der Waals surface area contributed by atoms with Gasteiger partial charge in [0.2, 0.25) is 5.78 Å². The third-order valence-electron chi connectivity index (χ3n) is 2.38. The normalized spacial score (nSPS) is 18.1. The molecular formula is C10H15NO7. The third-order valence-corrected chi connectivity index (χ3v) is 2.38. The SMILES string of the molecule is CC(=O)c1nc(C(O)C(O)C(O)C(O)CO)co1. The molecule has 0 aliphatic carbocycles. The van der Waals surface area contributed by atoms with Crippen LogP contribution in [-0.4, -0.2) is 61.2 Å². The van der Waals surface area contributed by atoms with E-state index in [1.54, 1.807) is 0 Å². The topological polar surface area (TPSA) is 144 Å². The first-order valence-corrected chi connectivity index (χ1v) is 5.18. The second-order valence-corrected chi connectivity index (χ2v) is 3.81. The van der Waals surface area contributed by atoms with Crippen molar-refractivity contribution >= 4 is 5.78 Å². The molecule has 1 heterocycles. The quantitative estimate of drug-likeness (QED) is 0.369. The summed E-state index contributed by atoms with van der Waals surface area (Å²) in [6.45, 7) is 0.436. The lowest BCUT2D eigenvalue weighted by atomic mass is 10.0. The number of carbonyl (C=O) groups is 1. The van der Waals surface area contributed by atoms with E-state index in [0.29, 0.717) is 0 Å². The average Bonchev–Trinajstić information content (AvgIpc) is 2.84. The number of ketones is 1. The smallest absolute Gasteiger partial charge is 0.263 e. The minimum absolute atomic E-state index is 0.156. The second-order valence-electron chi connectivity index (χ2n) is 3.81. The maximum atomic E-state index is 10.9. The predicted molar refractivity (Wildman–Crippen MR) is 56.6 cm³/mol. The van der Waals surface area contributed by atoms with E-state index in [9.17, 15) is 20.1 Å². The van der Waals surface area contributed by atoms with Gasteiger partial charge in [0.1, 0.15) is 36.4 Å². The molecule has 4 atom stereocenters. The fourth-order valence-corrected chi connectivity index (χ4v) is 1.28. The Morgan fingerprint density at radius 3 is 2.39 bits per heavy atom. The molecule has 0 aliphatic heterocycles. The first kappa shape index (κ1) is 14.7. The molecule has 0 aromatic carbocycles. The standard InChI is InChI=1S/C10H15NO7/c1-4(13)10-11-5(3-18-10)7(15)9(17)8(16)6(14)2-12/h3,6-9,12,14-17H,2H2,1H3. The van der Waals surface area contributed by atoms with E-state index in [1.165, 1.54) is 6.92 Å². The number of Topliss-reactive ketones (excluding diaryl/α,β-unsaturated/α-hetero) is 1. The molecular weight excluding hydrogens is 246 g/mol. The van der Waals surface area contributed by atoms with Crippen LogP contribution >= 0.6 is 0 Å². The van der Waals surface area contributed by atoms with Gasteiger partial charge in [-0.3, -0.25) is 4.79 Å². The van der Waals surface area contributed by atoms with Crippen LogP contribution in [0, 0.1) is 0 Å². The van der Waals surface area contributed by atoms with Gasteiger partial charge < -0.3 is 29.9 Å². The lowest BCUT2D eigenvalue weighted by Crippen LogP contribution is -2.42. The molecule has 1 rings (SSSR count). The highest BCUT2D eigenvalue weighted by Crippen LogP contribution is 2.20. The Kier molecular flexibility index (Phi) is 4.93. The number of carbonyl (C=O) groups excluding carboxylic acids is 1. The van der Waals surface area contributed by atoms with Crippen LogP contribution in [0.4, 0.5) is 0 Å². The zero-order valence-corrected chi connectivity index (χ0v) is 9.59. The summed E-state index contributed by atoms with van der Waals surface area (Å²) in [5, 5.41) is 46.3. The predicted octanol–water partition coefficient (Wildman–Crippen LogP) is -2.01. The van der Waals surface area contributed by atoms with Gasteiger partial charge in [0.25, 0.3) is 5.89 Å². The van der Waals surface area contributed by atoms with E-state index in [4.69, 9.17) is 14.6 Å². The summed E-state index contributed by atoms with van der Waals surface area (Å²) in [7, 11) is 0. The molecule has 8 nitrogen and oxygen atoms in total. The first-order chi connectivity index (χ1) is 8.38. The van der Waals surface area contributed by atoms with E-state index in [2.05, 4.69) is 4.98 Å². The van der Waals surface area contributed by atoms with Crippen LogP contribution < -0.4 is 0 Å². The summed E-state index contributed by atoms with van der Waals surface area (Å²) in [4.78, 5) is 14.5. The monoisotopic (exact) mass is 261 g/mol. The Morgan fingerprint density at radius 1 is 1.33 bits per heavy atom. The van der Waals surface area contributed by atoms with Gasteiger partial charge in [-0.2, -0.15) is 0 Å². The summed E-state index contributed by atoms with van der Waals surface area (Å²) >= 11 is 0. The molecule has 4 unspecified atom stereocenters. The zero-order chi connectivity index (χ0) is 13.9. The van der Waals surface area contributed by atoms with Gasteiger partial charge in [0, 0.05) is 6.92 Å². The highest BCUT2D eigenvalue weighted by molar-refractivity contribution is 5.89. The Labute approximate surface area is 102 Å². The van der Waals surface area contributed by atoms with Gasteiger partial charge in [-0.25, -0.2) is 4.98 Å². The highest BCUT2D eigenvalue weighted by Gasteiger charge is 2.32. The molecule has 1 aromatic rings. The Balaban J connectivity index is 2.79. The van der Waals surface area contributed by atoms with Crippen LogP contribution in [-0.2, 0) is 0 Å². The number of aromatic nitrogens is 1. The number of aliphatic hydroxyl groups is 5. The fraction of sp³-hybridized carbons (Fsp3) is 0.600. The van der Waals surface area contributed by atoms with Crippen molar-refractivity contribution in [2.75, 3.05) is 6.61 Å². The van der Waals surface area contributed by atoms with Crippen LogP contribution in [0.5, 0.6) is 0 Å². The van der Waals surface area contributed by atoms with E-state index in [-0.39, 0.29) is 11.6 Å². The number of oxazole rings is 1. The Morgan fingerprint density at radius 2 is 1.94 bits per heavy atom. The van der Waals surface area contributed by atoms with Gasteiger partial charge in [0.05, 0.1) is 6.61 Å².